The van der Waals surface area contributed by atoms with Gasteiger partial charge in [0, 0.05) is 30.9 Å². The predicted octanol–water partition coefficient (Wildman–Crippen LogP) is 2.94. The topological polar surface area (TPSA) is 71.5 Å². The van der Waals surface area contributed by atoms with Crippen LogP contribution in [0.4, 0.5) is 13.2 Å². The van der Waals surface area contributed by atoms with Gasteiger partial charge in [-0.05, 0) is 30.5 Å². The number of hydrogen-bond donors (Lipinski definition) is 1. The van der Waals surface area contributed by atoms with Crippen molar-refractivity contribution in [1.82, 2.24) is 15.2 Å². The van der Waals surface area contributed by atoms with Crippen molar-refractivity contribution in [3.8, 4) is 5.88 Å². The Balaban J connectivity index is 1.54. The maximum absolute atomic E-state index is 12.6. The minimum absolute atomic E-state index is 0.146. The Morgan fingerprint density at radius 1 is 1.17 bits per heavy atom. The quantitative estimate of drug-likeness (QED) is 0.799. The molecule has 0 spiro atoms. The van der Waals surface area contributed by atoms with Crippen molar-refractivity contribution >= 4 is 11.8 Å². The molecule has 1 aromatic heterocycles. The summed E-state index contributed by atoms with van der Waals surface area (Å²) in [6.07, 6.45) is -1.78. The second-order valence-electron chi connectivity index (χ2n) is 6.65. The average Bonchev–Trinajstić information content (AvgIpc) is 3.21. The van der Waals surface area contributed by atoms with Crippen LogP contribution in [-0.2, 0) is 11.3 Å². The number of halogens is 3. The molecule has 1 aliphatic heterocycles. The molecule has 2 amide bonds. The Hall–Kier alpha value is -3.10. The first-order valence-electron chi connectivity index (χ1n) is 9.12. The number of alkyl halides is 3. The zero-order valence-electron chi connectivity index (χ0n) is 15.5. The van der Waals surface area contributed by atoms with E-state index in [1.54, 1.807) is 29.2 Å². The molecule has 0 aliphatic carbocycles. The fourth-order valence-electron chi connectivity index (χ4n) is 3.09. The third-order valence-electron chi connectivity index (χ3n) is 4.49. The van der Waals surface area contributed by atoms with Gasteiger partial charge in [0.2, 0.25) is 11.8 Å². The van der Waals surface area contributed by atoms with E-state index >= 15 is 0 Å². The number of ether oxygens (including phenoxy) is 1. The van der Waals surface area contributed by atoms with Gasteiger partial charge in [0.25, 0.3) is 5.91 Å². The normalized spacial score (nSPS) is 16.5. The van der Waals surface area contributed by atoms with Crippen molar-refractivity contribution in [2.75, 3.05) is 13.2 Å². The fourth-order valence-corrected chi connectivity index (χ4v) is 3.09. The number of carbonyl (C=O) groups excluding carboxylic acids is 2. The number of carbonyl (C=O) groups is 2. The monoisotopic (exact) mass is 407 g/mol. The summed E-state index contributed by atoms with van der Waals surface area (Å²) in [7, 11) is 0. The zero-order valence-corrected chi connectivity index (χ0v) is 15.5. The van der Waals surface area contributed by atoms with Crippen LogP contribution in [0.3, 0.4) is 0 Å². The molecule has 1 N–H and O–H groups in total. The van der Waals surface area contributed by atoms with Crippen LogP contribution in [0.15, 0.2) is 48.7 Å². The van der Waals surface area contributed by atoms with E-state index in [0.717, 1.165) is 6.42 Å². The molecule has 1 aliphatic rings. The maximum atomic E-state index is 12.6. The summed E-state index contributed by atoms with van der Waals surface area (Å²) in [5.41, 5.74) is 1.14. The van der Waals surface area contributed by atoms with Crippen molar-refractivity contribution < 1.29 is 27.5 Å². The van der Waals surface area contributed by atoms with Gasteiger partial charge in [-0.2, -0.15) is 13.2 Å². The van der Waals surface area contributed by atoms with E-state index in [1.165, 1.54) is 18.3 Å². The molecule has 1 saturated heterocycles. The average molecular weight is 407 g/mol. The van der Waals surface area contributed by atoms with E-state index in [9.17, 15) is 22.8 Å². The Bertz CT molecular complexity index is 842. The first-order valence-corrected chi connectivity index (χ1v) is 9.12. The van der Waals surface area contributed by atoms with Crippen LogP contribution in [0.5, 0.6) is 5.88 Å². The second kappa shape index (κ2) is 8.93. The summed E-state index contributed by atoms with van der Waals surface area (Å²) < 4.78 is 41.0. The highest BCUT2D eigenvalue weighted by molar-refractivity contribution is 5.97. The van der Waals surface area contributed by atoms with E-state index in [4.69, 9.17) is 0 Å². The number of benzene rings is 1. The molecular formula is C20H20F3N3O3. The molecule has 1 unspecified atom stereocenters. The second-order valence-corrected chi connectivity index (χ2v) is 6.65. The molecule has 29 heavy (non-hydrogen) atoms. The summed E-state index contributed by atoms with van der Waals surface area (Å²) >= 11 is 0. The van der Waals surface area contributed by atoms with E-state index in [2.05, 4.69) is 15.0 Å². The van der Waals surface area contributed by atoms with Crippen molar-refractivity contribution in [1.29, 1.82) is 0 Å². The van der Waals surface area contributed by atoms with Crippen molar-refractivity contribution in [2.45, 2.75) is 31.6 Å². The lowest BCUT2D eigenvalue weighted by molar-refractivity contribution is -0.154. The number of likely N-dealkylation sites (tertiary alicyclic amines) is 1. The molecule has 0 radical (unpaired) electrons. The highest BCUT2D eigenvalue weighted by Crippen LogP contribution is 2.21. The number of rotatable bonds is 6. The van der Waals surface area contributed by atoms with Gasteiger partial charge in [0.15, 0.2) is 6.61 Å². The van der Waals surface area contributed by atoms with Crippen LogP contribution in [0, 0.1) is 0 Å². The molecule has 2 heterocycles. The number of nitrogens with one attached hydrogen (secondary N) is 1. The molecule has 0 bridgehead atoms. The molecular weight excluding hydrogens is 387 g/mol. The molecule has 1 fully saturated rings. The summed E-state index contributed by atoms with van der Waals surface area (Å²) in [5, 5.41) is 2.76. The number of aromatic nitrogens is 1. The minimum Gasteiger partial charge on any atom is -0.468 e. The largest absolute Gasteiger partial charge is 0.468 e. The van der Waals surface area contributed by atoms with Crippen LogP contribution in [-0.4, -0.2) is 47.1 Å². The van der Waals surface area contributed by atoms with Gasteiger partial charge >= 0.3 is 6.18 Å². The number of nitrogens with zero attached hydrogens (tertiary/aromatic N) is 2. The van der Waals surface area contributed by atoms with Crippen molar-refractivity contribution in [3.05, 3.63) is 59.8 Å². The summed E-state index contributed by atoms with van der Waals surface area (Å²) in [5.74, 6) is -0.604. The lowest BCUT2D eigenvalue weighted by Crippen LogP contribution is -2.45. The summed E-state index contributed by atoms with van der Waals surface area (Å²) in [6.45, 7) is -0.753. The molecule has 3 rings (SSSR count). The van der Waals surface area contributed by atoms with E-state index in [0.29, 0.717) is 24.1 Å². The minimum atomic E-state index is -4.43. The highest BCUT2D eigenvalue weighted by atomic mass is 19.4. The van der Waals surface area contributed by atoms with Crippen LogP contribution >= 0.6 is 0 Å². The van der Waals surface area contributed by atoms with Gasteiger partial charge in [-0.1, -0.05) is 24.3 Å². The SMILES string of the molecule is O=C(NCc1ccc(OCC(F)(F)F)nc1)C1CCCN1C(=O)c1ccccc1. The van der Waals surface area contributed by atoms with Gasteiger partial charge < -0.3 is 15.0 Å². The van der Waals surface area contributed by atoms with E-state index in [1.807, 2.05) is 6.07 Å². The lowest BCUT2D eigenvalue weighted by atomic mass is 10.1. The van der Waals surface area contributed by atoms with Gasteiger partial charge in [-0.3, -0.25) is 9.59 Å². The van der Waals surface area contributed by atoms with Gasteiger partial charge in [-0.25, -0.2) is 4.98 Å². The fraction of sp³-hybridized carbons (Fsp3) is 0.350. The Labute approximate surface area is 165 Å². The number of pyridine rings is 1. The van der Waals surface area contributed by atoms with E-state index in [-0.39, 0.29) is 24.2 Å². The summed E-state index contributed by atoms with van der Waals surface area (Å²) in [4.78, 5) is 30.6. The first-order chi connectivity index (χ1) is 13.8. The molecule has 1 atom stereocenters. The van der Waals surface area contributed by atoms with Crippen LogP contribution in [0.2, 0.25) is 0 Å². The molecule has 9 heteroatoms. The van der Waals surface area contributed by atoms with Crippen molar-refractivity contribution in [2.24, 2.45) is 0 Å². The van der Waals surface area contributed by atoms with Gasteiger partial charge in [-0.15, -0.1) is 0 Å². The smallest absolute Gasteiger partial charge is 0.422 e. The molecule has 0 saturated carbocycles. The van der Waals surface area contributed by atoms with Crippen LogP contribution < -0.4 is 10.1 Å². The standard InChI is InChI=1S/C20H20F3N3O3/c21-20(22,23)13-29-17-9-8-14(11-24-17)12-25-18(27)16-7-4-10-26(16)19(28)15-5-2-1-3-6-15/h1-3,5-6,8-9,11,16H,4,7,10,12-13H2,(H,25,27). The Kier molecular flexibility index (Phi) is 6.36. The van der Waals surface area contributed by atoms with Gasteiger partial charge in [0.1, 0.15) is 6.04 Å². The highest BCUT2D eigenvalue weighted by Gasteiger charge is 2.34. The van der Waals surface area contributed by atoms with E-state index < -0.39 is 18.8 Å². The number of hydrogen-bond acceptors (Lipinski definition) is 4. The third-order valence-corrected chi connectivity index (χ3v) is 4.49. The molecule has 154 valence electrons. The molecule has 6 nitrogen and oxygen atoms in total. The summed E-state index contributed by atoms with van der Waals surface area (Å²) in [6, 6.07) is 11.1. The maximum Gasteiger partial charge on any atom is 0.422 e. The Morgan fingerprint density at radius 2 is 1.93 bits per heavy atom. The predicted molar refractivity (Wildman–Crippen MR) is 98.1 cm³/mol. The number of amides is 2. The van der Waals surface area contributed by atoms with Crippen LogP contribution in [0.1, 0.15) is 28.8 Å². The zero-order chi connectivity index (χ0) is 20.9. The molecule has 1 aromatic carbocycles. The van der Waals surface area contributed by atoms with Crippen molar-refractivity contribution in [3.63, 3.8) is 0 Å². The van der Waals surface area contributed by atoms with Gasteiger partial charge in [0.05, 0.1) is 0 Å². The molecule has 2 aromatic rings. The lowest BCUT2D eigenvalue weighted by Gasteiger charge is -2.24. The third kappa shape index (κ3) is 5.69. The Morgan fingerprint density at radius 3 is 2.59 bits per heavy atom. The van der Waals surface area contributed by atoms with Crippen LogP contribution in [0.25, 0.3) is 0 Å². The first kappa shape index (κ1) is 20.6.